The fourth-order valence-electron chi connectivity index (χ4n) is 3.57. The normalized spacial score (nSPS) is 18.6. The molecule has 1 unspecified atom stereocenters. The molecular weight excluding hydrogens is 485 g/mol. The minimum absolute atomic E-state index is 0. The second kappa shape index (κ2) is 10.1. The van der Waals surface area contributed by atoms with Gasteiger partial charge in [0.05, 0.1) is 20.6 Å². The molecule has 1 saturated heterocycles. The molecule has 0 bridgehead atoms. The Morgan fingerprint density at radius 3 is 1.96 bits per heavy atom. The van der Waals surface area contributed by atoms with E-state index in [1.54, 1.807) is 24.3 Å². The van der Waals surface area contributed by atoms with Gasteiger partial charge in [-0.15, -0.1) is 0 Å². The van der Waals surface area contributed by atoms with Gasteiger partial charge in [-0.2, -0.15) is 0 Å². The Morgan fingerprint density at radius 1 is 1.04 bits per heavy atom. The zero-order valence-electron chi connectivity index (χ0n) is 15.8. The number of aliphatic hydroxyl groups is 1. The van der Waals surface area contributed by atoms with Gasteiger partial charge in [0.2, 0.25) is 5.60 Å². The Balaban J connectivity index is 0.00000182. The largest absolute Gasteiger partial charge is 4.00 e. The first-order valence-corrected chi connectivity index (χ1v) is 8.78. The number of carbonyl (C=O) groups excluding carboxylic acids is 1. The van der Waals surface area contributed by atoms with Crippen LogP contribution in [0.3, 0.4) is 0 Å². The molecule has 140 valence electrons. The van der Waals surface area contributed by atoms with Crippen LogP contribution in [0.4, 0.5) is 0 Å². The predicted octanol–water partition coefficient (Wildman–Crippen LogP) is -0.294. The van der Waals surface area contributed by atoms with Crippen molar-refractivity contribution >= 4 is 5.97 Å². The number of esters is 1. The molecule has 2 aromatic rings. The molecule has 1 aliphatic rings. The number of rotatable bonds is 4. The van der Waals surface area contributed by atoms with Crippen LogP contribution in [0.5, 0.6) is 0 Å². The van der Waals surface area contributed by atoms with Gasteiger partial charge in [-0.05, 0) is 17.5 Å². The molecular formula is C21H26BrNO3Zr+4. The van der Waals surface area contributed by atoms with Crippen molar-refractivity contribution in [3.05, 3.63) is 71.8 Å². The average Bonchev–Trinajstić information content (AvgIpc) is 2.61. The van der Waals surface area contributed by atoms with Crippen molar-refractivity contribution < 1.29 is 62.3 Å². The van der Waals surface area contributed by atoms with Crippen LogP contribution in [-0.2, 0) is 41.3 Å². The molecule has 0 aliphatic carbocycles. The summed E-state index contributed by atoms with van der Waals surface area (Å²) in [6.07, 6.45) is 1.68. The number of carbonyl (C=O) groups is 1. The number of halogens is 1. The van der Waals surface area contributed by atoms with E-state index in [0.717, 1.165) is 30.4 Å². The minimum Gasteiger partial charge on any atom is -1.00 e. The third-order valence-corrected chi connectivity index (χ3v) is 4.94. The number of nitrogens with zero attached hydrogens (tertiary/aromatic N) is 1. The van der Waals surface area contributed by atoms with Crippen molar-refractivity contribution in [1.29, 1.82) is 0 Å². The maximum atomic E-state index is 13.1. The van der Waals surface area contributed by atoms with E-state index in [9.17, 15) is 9.90 Å². The number of benzene rings is 2. The molecule has 3 rings (SSSR count). The van der Waals surface area contributed by atoms with E-state index < -0.39 is 11.6 Å². The number of likely N-dealkylation sites (N-methyl/N-ethyl adjacent to an activating group) is 1. The van der Waals surface area contributed by atoms with Crippen LogP contribution in [0.25, 0.3) is 0 Å². The zero-order valence-corrected chi connectivity index (χ0v) is 19.8. The molecule has 0 spiro atoms. The Hall–Kier alpha value is -0.807. The van der Waals surface area contributed by atoms with E-state index >= 15 is 0 Å². The number of ether oxygens (including phenoxy) is 1. The summed E-state index contributed by atoms with van der Waals surface area (Å²) >= 11 is 0. The summed E-state index contributed by atoms with van der Waals surface area (Å²) in [5, 5.41) is 11.4. The predicted molar refractivity (Wildman–Crippen MR) is 96.8 cm³/mol. The maximum Gasteiger partial charge on any atom is 4.00 e. The van der Waals surface area contributed by atoms with Crippen molar-refractivity contribution in [2.75, 3.05) is 27.2 Å². The Morgan fingerprint density at radius 2 is 1.52 bits per heavy atom. The summed E-state index contributed by atoms with van der Waals surface area (Å²) in [6, 6.07) is 18.0. The third kappa shape index (κ3) is 5.60. The SMILES string of the molecule is C[N+]1(C)CCCC(OC(=O)C(O)(c2ccccc2)c2ccccc2)C1.[Br-].[Zr+4]. The quantitative estimate of drug-likeness (QED) is 0.454. The van der Waals surface area contributed by atoms with E-state index in [0.29, 0.717) is 11.1 Å². The summed E-state index contributed by atoms with van der Waals surface area (Å²) in [5.74, 6) is -0.600. The molecule has 1 fully saturated rings. The van der Waals surface area contributed by atoms with Gasteiger partial charge in [0.15, 0.2) is 6.10 Å². The van der Waals surface area contributed by atoms with E-state index in [2.05, 4.69) is 14.1 Å². The second-order valence-electron chi connectivity index (χ2n) is 7.45. The second-order valence-corrected chi connectivity index (χ2v) is 7.45. The van der Waals surface area contributed by atoms with Gasteiger partial charge in [-0.1, -0.05) is 60.7 Å². The van der Waals surface area contributed by atoms with Crippen molar-refractivity contribution in [3.63, 3.8) is 0 Å². The Kier molecular flexibility index (Phi) is 9.07. The number of hydrogen-bond donors (Lipinski definition) is 1. The molecule has 1 atom stereocenters. The first-order valence-electron chi connectivity index (χ1n) is 8.78. The van der Waals surface area contributed by atoms with Crippen LogP contribution in [-0.4, -0.2) is 48.8 Å². The maximum absolute atomic E-state index is 13.1. The topological polar surface area (TPSA) is 46.5 Å². The molecule has 0 aromatic heterocycles. The Labute approximate surface area is 191 Å². The summed E-state index contributed by atoms with van der Waals surface area (Å²) < 4.78 is 6.62. The summed E-state index contributed by atoms with van der Waals surface area (Å²) in [5.41, 5.74) is -0.747. The molecule has 6 heteroatoms. The molecule has 27 heavy (non-hydrogen) atoms. The summed E-state index contributed by atoms with van der Waals surface area (Å²) in [7, 11) is 4.28. The van der Waals surface area contributed by atoms with Gasteiger partial charge >= 0.3 is 32.2 Å². The molecule has 1 N–H and O–H groups in total. The fraction of sp³-hybridized carbons (Fsp3) is 0.381. The monoisotopic (exact) mass is 509 g/mol. The van der Waals surface area contributed by atoms with Crippen LogP contribution in [0.15, 0.2) is 60.7 Å². The fourth-order valence-corrected chi connectivity index (χ4v) is 3.57. The van der Waals surface area contributed by atoms with Crippen LogP contribution in [0.1, 0.15) is 24.0 Å². The van der Waals surface area contributed by atoms with Gasteiger partial charge in [-0.25, -0.2) is 4.79 Å². The van der Waals surface area contributed by atoms with E-state index in [-0.39, 0.29) is 49.3 Å². The van der Waals surface area contributed by atoms with E-state index in [1.807, 2.05) is 36.4 Å². The standard InChI is InChI=1S/C21H26NO3.BrH.Zr/c1-22(2)15-9-14-19(16-22)25-20(23)21(24,17-10-5-3-6-11-17)18-12-7-4-8-13-18;;/h3-8,10-13,19,24H,9,14-16H2,1-2H3;1H;/q+1;;+4/p-1. The van der Waals surface area contributed by atoms with Crippen LogP contribution < -0.4 is 17.0 Å². The smallest absolute Gasteiger partial charge is 1.00 e. The number of hydrogen-bond acceptors (Lipinski definition) is 3. The summed E-state index contributed by atoms with van der Waals surface area (Å²) in [6.45, 7) is 1.85. The van der Waals surface area contributed by atoms with E-state index in [1.165, 1.54) is 0 Å². The summed E-state index contributed by atoms with van der Waals surface area (Å²) in [4.78, 5) is 13.1. The zero-order chi connectivity index (χ0) is 17.9. The number of quaternary nitrogens is 1. The van der Waals surface area contributed by atoms with Crippen molar-refractivity contribution in [2.45, 2.75) is 24.5 Å². The molecule has 2 aromatic carbocycles. The third-order valence-electron chi connectivity index (χ3n) is 4.94. The number of piperidine rings is 1. The van der Waals surface area contributed by atoms with Gasteiger partial charge < -0.3 is 31.3 Å². The van der Waals surface area contributed by atoms with Gasteiger partial charge in [0.25, 0.3) is 0 Å². The van der Waals surface area contributed by atoms with Gasteiger partial charge in [0, 0.05) is 6.42 Å². The molecule has 0 amide bonds. The molecule has 1 aliphatic heterocycles. The molecule has 1 heterocycles. The first-order chi connectivity index (χ1) is 11.9. The van der Waals surface area contributed by atoms with Crippen molar-refractivity contribution in [2.24, 2.45) is 0 Å². The molecule has 0 radical (unpaired) electrons. The van der Waals surface area contributed by atoms with Gasteiger partial charge in [-0.3, -0.25) is 0 Å². The van der Waals surface area contributed by atoms with Crippen LogP contribution in [0.2, 0.25) is 0 Å². The van der Waals surface area contributed by atoms with E-state index in [4.69, 9.17) is 4.74 Å². The minimum atomic E-state index is -1.79. The van der Waals surface area contributed by atoms with Gasteiger partial charge in [0.1, 0.15) is 6.54 Å². The molecule has 0 saturated carbocycles. The Bertz CT molecular complexity index is 685. The van der Waals surface area contributed by atoms with Crippen LogP contribution >= 0.6 is 0 Å². The molecule has 4 nitrogen and oxygen atoms in total. The number of likely N-dealkylation sites (tertiary alicyclic amines) is 1. The van der Waals surface area contributed by atoms with Crippen molar-refractivity contribution in [1.82, 2.24) is 0 Å². The van der Waals surface area contributed by atoms with Crippen molar-refractivity contribution in [3.8, 4) is 0 Å². The average molecular weight is 512 g/mol. The first kappa shape index (κ1) is 24.2. The van der Waals surface area contributed by atoms with Crippen LogP contribution in [0, 0.1) is 0 Å².